The summed E-state index contributed by atoms with van der Waals surface area (Å²) in [6.07, 6.45) is 1.91. The Kier molecular flexibility index (Phi) is 5.29. The molecular formula is C5H11O2P. The summed E-state index contributed by atoms with van der Waals surface area (Å²) in [5.74, 6) is 1.69. The van der Waals surface area contributed by atoms with Crippen LogP contribution in [0.15, 0.2) is 0 Å². The molecule has 0 aromatic heterocycles. The molecule has 0 rings (SSSR count). The highest BCUT2D eigenvalue weighted by Crippen LogP contribution is 2.08. The molecule has 0 aliphatic heterocycles. The van der Waals surface area contributed by atoms with Gasteiger partial charge in [-0.3, -0.25) is 0 Å². The van der Waals surface area contributed by atoms with Crippen LogP contribution >= 0.6 is 8.00 Å². The van der Waals surface area contributed by atoms with E-state index < -0.39 is 8.00 Å². The first-order chi connectivity index (χ1) is 3.81. The third-order valence-electron chi connectivity index (χ3n) is 0.747. The summed E-state index contributed by atoms with van der Waals surface area (Å²) in [4.78, 5) is 10.4. The largest absolute Gasteiger partial charge is 0.603 e. The summed E-state index contributed by atoms with van der Waals surface area (Å²) in [5.41, 5.74) is 0. The van der Waals surface area contributed by atoms with Gasteiger partial charge in [-0.25, -0.2) is 0 Å². The van der Waals surface area contributed by atoms with Crippen LogP contribution in [-0.2, 0) is 4.52 Å². The van der Waals surface area contributed by atoms with Gasteiger partial charge in [0.1, 0.15) is 5.80 Å². The SMILES string of the molecule is CCCC=[P+]([O-])OC. The Balaban J connectivity index is 3.26. The van der Waals surface area contributed by atoms with Crippen molar-refractivity contribution in [1.82, 2.24) is 0 Å². The maximum Gasteiger partial charge on any atom is 0.216 e. The Labute approximate surface area is 51.0 Å². The summed E-state index contributed by atoms with van der Waals surface area (Å²) in [6.45, 7) is 2.04. The van der Waals surface area contributed by atoms with Crippen molar-refractivity contribution < 1.29 is 9.42 Å². The highest BCUT2D eigenvalue weighted by atomic mass is 31.1. The molecule has 0 fully saturated rings. The zero-order valence-corrected chi connectivity index (χ0v) is 6.15. The summed E-state index contributed by atoms with van der Waals surface area (Å²) in [7, 11) is -0.00996. The summed E-state index contributed by atoms with van der Waals surface area (Å²) in [5, 5.41) is 0. The third kappa shape index (κ3) is 4.25. The van der Waals surface area contributed by atoms with Crippen LogP contribution in [0.3, 0.4) is 0 Å². The van der Waals surface area contributed by atoms with E-state index >= 15 is 0 Å². The molecule has 0 aliphatic rings. The van der Waals surface area contributed by atoms with E-state index in [4.69, 9.17) is 0 Å². The summed E-state index contributed by atoms with van der Waals surface area (Å²) in [6, 6.07) is 0. The molecule has 1 unspecified atom stereocenters. The van der Waals surface area contributed by atoms with Crippen molar-refractivity contribution in [3.05, 3.63) is 0 Å². The topological polar surface area (TPSA) is 32.3 Å². The van der Waals surface area contributed by atoms with E-state index in [0.717, 1.165) is 12.8 Å². The molecule has 0 N–H and O–H groups in total. The van der Waals surface area contributed by atoms with Gasteiger partial charge in [0, 0.05) is 6.42 Å². The van der Waals surface area contributed by atoms with Crippen LogP contribution < -0.4 is 4.89 Å². The monoisotopic (exact) mass is 134 g/mol. The lowest BCUT2D eigenvalue weighted by molar-refractivity contribution is -0.170. The molecule has 0 saturated heterocycles. The van der Waals surface area contributed by atoms with E-state index in [1.807, 2.05) is 6.92 Å². The lowest BCUT2D eigenvalue weighted by Crippen LogP contribution is -1.90. The molecule has 0 spiro atoms. The molecule has 2 nitrogen and oxygen atoms in total. The molecule has 0 radical (unpaired) electrons. The molecule has 48 valence electrons. The van der Waals surface area contributed by atoms with Crippen molar-refractivity contribution in [2.45, 2.75) is 19.8 Å². The first kappa shape index (κ1) is 8.09. The van der Waals surface area contributed by atoms with E-state index in [2.05, 4.69) is 4.52 Å². The Morgan fingerprint density at radius 1 is 1.75 bits per heavy atom. The Morgan fingerprint density at radius 2 is 2.38 bits per heavy atom. The van der Waals surface area contributed by atoms with Crippen LogP contribution in [0.1, 0.15) is 19.8 Å². The van der Waals surface area contributed by atoms with Crippen LogP contribution in [0, 0.1) is 0 Å². The van der Waals surface area contributed by atoms with Gasteiger partial charge in [0.05, 0.1) is 7.11 Å². The van der Waals surface area contributed by atoms with Crippen molar-refractivity contribution in [3.8, 4) is 0 Å². The van der Waals surface area contributed by atoms with Crippen molar-refractivity contribution in [2.24, 2.45) is 0 Å². The van der Waals surface area contributed by atoms with Gasteiger partial charge in [-0.15, -0.1) is 0 Å². The normalized spacial score (nSPS) is 12.1. The van der Waals surface area contributed by atoms with Crippen molar-refractivity contribution in [1.29, 1.82) is 0 Å². The molecular weight excluding hydrogens is 123 g/mol. The molecule has 0 amide bonds. The van der Waals surface area contributed by atoms with Crippen molar-refractivity contribution >= 4 is 13.8 Å². The predicted octanol–water partition coefficient (Wildman–Crippen LogP) is 0.907. The third-order valence-corrected chi connectivity index (χ3v) is 1.66. The molecule has 8 heavy (non-hydrogen) atoms. The predicted molar refractivity (Wildman–Crippen MR) is 34.9 cm³/mol. The van der Waals surface area contributed by atoms with Gasteiger partial charge in [0.25, 0.3) is 0 Å². The Morgan fingerprint density at radius 3 is 2.75 bits per heavy atom. The molecule has 0 bridgehead atoms. The Bertz CT molecular complexity index is 80.5. The van der Waals surface area contributed by atoms with Gasteiger partial charge < -0.3 is 4.89 Å². The fourth-order valence-corrected chi connectivity index (χ4v) is 0.927. The first-order valence-corrected chi connectivity index (χ1v) is 3.89. The Hall–Kier alpha value is 0.0900. The molecule has 0 aromatic rings. The maximum absolute atomic E-state index is 10.4. The lowest BCUT2D eigenvalue weighted by atomic mass is 10.4. The van der Waals surface area contributed by atoms with Crippen LogP contribution in [-0.4, -0.2) is 12.9 Å². The van der Waals surface area contributed by atoms with E-state index in [9.17, 15) is 4.89 Å². The standard InChI is InChI=1S/C5H11O2P/c1-3-4-5-8(6)7-2/h5H,3-4H2,1-2H3. The number of unbranched alkanes of at least 4 members (excludes halogenated alkanes) is 1. The molecule has 1 atom stereocenters. The smallest absolute Gasteiger partial charge is 0.216 e. The number of rotatable bonds is 3. The molecule has 0 heterocycles. The van der Waals surface area contributed by atoms with E-state index in [0.29, 0.717) is 0 Å². The second kappa shape index (κ2) is 5.23. The van der Waals surface area contributed by atoms with Gasteiger partial charge in [0.15, 0.2) is 0 Å². The highest BCUT2D eigenvalue weighted by molar-refractivity contribution is 7.44. The maximum atomic E-state index is 10.4. The minimum Gasteiger partial charge on any atom is -0.603 e. The first-order valence-electron chi connectivity index (χ1n) is 2.65. The van der Waals surface area contributed by atoms with Gasteiger partial charge >= 0.3 is 0 Å². The molecule has 0 aliphatic carbocycles. The van der Waals surface area contributed by atoms with Gasteiger partial charge in [-0.05, 0) is 6.42 Å². The van der Waals surface area contributed by atoms with Gasteiger partial charge in [-0.1, -0.05) is 6.92 Å². The summed E-state index contributed by atoms with van der Waals surface area (Å²) < 4.78 is 4.51. The second-order valence-corrected chi connectivity index (χ2v) is 2.74. The van der Waals surface area contributed by atoms with Crippen LogP contribution in [0.2, 0.25) is 0 Å². The van der Waals surface area contributed by atoms with Gasteiger partial charge in [-0.2, -0.15) is 4.52 Å². The summed E-state index contributed by atoms with van der Waals surface area (Å²) >= 11 is 0. The quantitative estimate of drug-likeness (QED) is 0.537. The van der Waals surface area contributed by atoms with Crippen LogP contribution in [0.25, 0.3) is 0 Å². The molecule has 3 heteroatoms. The highest BCUT2D eigenvalue weighted by Gasteiger charge is 1.87. The van der Waals surface area contributed by atoms with E-state index in [1.54, 1.807) is 5.80 Å². The van der Waals surface area contributed by atoms with Gasteiger partial charge in [0.2, 0.25) is 8.00 Å². The van der Waals surface area contributed by atoms with Crippen LogP contribution in [0.5, 0.6) is 0 Å². The van der Waals surface area contributed by atoms with E-state index in [-0.39, 0.29) is 0 Å². The minimum atomic E-state index is -1.46. The van der Waals surface area contributed by atoms with Crippen LogP contribution in [0.4, 0.5) is 0 Å². The average Bonchev–Trinajstić information content (AvgIpc) is 1.83. The zero-order chi connectivity index (χ0) is 6.41. The fraction of sp³-hybridized carbons (Fsp3) is 0.800. The van der Waals surface area contributed by atoms with E-state index in [1.165, 1.54) is 7.11 Å². The number of hydrogen-bond donors (Lipinski definition) is 0. The average molecular weight is 134 g/mol. The minimum absolute atomic E-state index is 0.878. The van der Waals surface area contributed by atoms with Crippen molar-refractivity contribution in [3.63, 3.8) is 0 Å². The molecule has 0 saturated carbocycles. The second-order valence-electron chi connectivity index (χ2n) is 1.44. The molecule has 0 aromatic carbocycles. The fourth-order valence-electron chi connectivity index (χ4n) is 0.309. The number of hydrogen-bond acceptors (Lipinski definition) is 2. The zero-order valence-electron chi connectivity index (χ0n) is 5.26. The lowest BCUT2D eigenvalue weighted by Gasteiger charge is -1.88. The van der Waals surface area contributed by atoms with Crippen molar-refractivity contribution in [2.75, 3.05) is 7.11 Å².